The van der Waals surface area contributed by atoms with Crippen molar-refractivity contribution in [3.63, 3.8) is 0 Å². The molecule has 0 fully saturated rings. The van der Waals surface area contributed by atoms with E-state index in [0.717, 1.165) is 24.2 Å². The summed E-state index contributed by atoms with van der Waals surface area (Å²) in [6, 6.07) is 0. The predicted octanol–water partition coefficient (Wildman–Crippen LogP) is -0.475. The minimum Gasteiger partial charge on any atom is -0.475 e. The summed E-state index contributed by atoms with van der Waals surface area (Å²) in [5, 5.41) is 17.6. The molecule has 0 aromatic carbocycles. The van der Waals surface area contributed by atoms with Crippen LogP contribution >= 0.6 is 0 Å². The Morgan fingerprint density at radius 1 is 1.56 bits per heavy atom. The van der Waals surface area contributed by atoms with E-state index in [1.54, 1.807) is 6.20 Å². The number of carboxylic acid groups (broad SMARTS) is 1. The number of rotatable bonds is 3. The SMILES string of the molecule is O=C(O)c1ncc2c(n1)CN(CCO)CC2. The van der Waals surface area contributed by atoms with E-state index in [2.05, 4.69) is 9.97 Å². The van der Waals surface area contributed by atoms with Crippen molar-refractivity contribution in [2.24, 2.45) is 0 Å². The highest BCUT2D eigenvalue weighted by Crippen LogP contribution is 2.15. The van der Waals surface area contributed by atoms with Gasteiger partial charge in [-0.15, -0.1) is 0 Å². The van der Waals surface area contributed by atoms with Gasteiger partial charge in [-0.1, -0.05) is 0 Å². The molecule has 0 saturated heterocycles. The van der Waals surface area contributed by atoms with Crippen molar-refractivity contribution in [2.45, 2.75) is 13.0 Å². The van der Waals surface area contributed by atoms with E-state index in [-0.39, 0.29) is 12.4 Å². The monoisotopic (exact) mass is 223 g/mol. The van der Waals surface area contributed by atoms with Crippen molar-refractivity contribution in [2.75, 3.05) is 19.7 Å². The first-order chi connectivity index (χ1) is 7.70. The van der Waals surface area contributed by atoms with Crippen LogP contribution in [0.1, 0.15) is 21.9 Å². The van der Waals surface area contributed by atoms with Crippen LogP contribution in [-0.4, -0.2) is 50.7 Å². The third-order valence-corrected chi connectivity index (χ3v) is 2.63. The molecule has 1 aliphatic heterocycles. The van der Waals surface area contributed by atoms with Gasteiger partial charge in [-0.25, -0.2) is 14.8 Å². The first-order valence-electron chi connectivity index (χ1n) is 5.12. The fourth-order valence-corrected chi connectivity index (χ4v) is 1.79. The summed E-state index contributed by atoms with van der Waals surface area (Å²) in [5.41, 5.74) is 1.76. The Morgan fingerprint density at radius 3 is 3.06 bits per heavy atom. The number of nitrogens with zero attached hydrogens (tertiary/aromatic N) is 3. The van der Waals surface area contributed by atoms with Gasteiger partial charge in [-0.3, -0.25) is 4.90 Å². The third-order valence-electron chi connectivity index (χ3n) is 2.63. The van der Waals surface area contributed by atoms with E-state index in [0.29, 0.717) is 13.1 Å². The summed E-state index contributed by atoms with van der Waals surface area (Å²) >= 11 is 0. The molecular weight excluding hydrogens is 210 g/mol. The molecule has 0 saturated carbocycles. The van der Waals surface area contributed by atoms with Crippen molar-refractivity contribution in [1.82, 2.24) is 14.9 Å². The van der Waals surface area contributed by atoms with E-state index >= 15 is 0 Å². The van der Waals surface area contributed by atoms with Crippen LogP contribution in [0.25, 0.3) is 0 Å². The molecule has 6 heteroatoms. The molecule has 6 nitrogen and oxygen atoms in total. The number of fused-ring (bicyclic) bond motifs is 1. The maximum absolute atomic E-state index is 10.7. The summed E-state index contributed by atoms with van der Waals surface area (Å²) in [6.07, 6.45) is 2.39. The van der Waals surface area contributed by atoms with Crippen molar-refractivity contribution in [3.05, 3.63) is 23.3 Å². The number of carbonyl (C=O) groups is 1. The van der Waals surface area contributed by atoms with Crippen LogP contribution in [0.4, 0.5) is 0 Å². The minimum absolute atomic E-state index is 0.103. The minimum atomic E-state index is -1.11. The molecule has 1 aromatic rings. The molecule has 1 aliphatic rings. The van der Waals surface area contributed by atoms with Crippen LogP contribution in [0, 0.1) is 0 Å². The summed E-state index contributed by atoms with van der Waals surface area (Å²) in [5.74, 6) is -1.27. The Hall–Kier alpha value is -1.53. The molecule has 0 aliphatic carbocycles. The van der Waals surface area contributed by atoms with Crippen molar-refractivity contribution < 1.29 is 15.0 Å². The Morgan fingerprint density at radius 2 is 2.38 bits per heavy atom. The van der Waals surface area contributed by atoms with Gasteiger partial charge in [-0.2, -0.15) is 0 Å². The molecular formula is C10H13N3O3. The second-order valence-electron chi connectivity index (χ2n) is 3.72. The zero-order valence-corrected chi connectivity index (χ0v) is 8.76. The average Bonchev–Trinajstić information content (AvgIpc) is 2.28. The molecule has 0 bridgehead atoms. The van der Waals surface area contributed by atoms with E-state index in [1.165, 1.54) is 0 Å². The Labute approximate surface area is 92.6 Å². The standard InChI is InChI=1S/C10H13N3O3/c14-4-3-13-2-1-7-5-11-9(10(15)16)12-8(7)6-13/h5,14H,1-4,6H2,(H,15,16). The van der Waals surface area contributed by atoms with Crippen LogP contribution < -0.4 is 0 Å². The topological polar surface area (TPSA) is 86.5 Å². The molecule has 2 rings (SSSR count). The molecule has 2 heterocycles. The van der Waals surface area contributed by atoms with Crippen molar-refractivity contribution in [1.29, 1.82) is 0 Å². The van der Waals surface area contributed by atoms with Gasteiger partial charge in [0.2, 0.25) is 5.82 Å². The zero-order valence-electron chi connectivity index (χ0n) is 8.76. The highest BCUT2D eigenvalue weighted by Gasteiger charge is 2.19. The molecule has 0 radical (unpaired) electrons. The second-order valence-corrected chi connectivity index (χ2v) is 3.72. The van der Waals surface area contributed by atoms with Gasteiger partial charge in [-0.05, 0) is 12.0 Å². The highest BCUT2D eigenvalue weighted by atomic mass is 16.4. The smallest absolute Gasteiger partial charge is 0.373 e. The van der Waals surface area contributed by atoms with Gasteiger partial charge in [0, 0.05) is 25.8 Å². The third kappa shape index (κ3) is 2.17. The molecule has 0 spiro atoms. The number of hydrogen-bond donors (Lipinski definition) is 2. The van der Waals surface area contributed by atoms with Gasteiger partial charge in [0.25, 0.3) is 0 Å². The van der Waals surface area contributed by atoms with Crippen LogP contribution in [0.2, 0.25) is 0 Å². The Balaban J connectivity index is 2.21. The van der Waals surface area contributed by atoms with E-state index in [9.17, 15) is 4.79 Å². The van der Waals surface area contributed by atoms with Gasteiger partial charge < -0.3 is 10.2 Å². The highest BCUT2D eigenvalue weighted by molar-refractivity contribution is 5.83. The lowest BCUT2D eigenvalue weighted by Gasteiger charge is -2.26. The van der Waals surface area contributed by atoms with Gasteiger partial charge >= 0.3 is 5.97 Å². The zero-order chi connectivity index (χ0) is 11.5. The van der Waals surface area contributed by atoms with Crippen molar-refractivity contribution >= 4 is 5.97 Å². The first-order valence-corrected chi connectivity index (χ1v) is 5.12. The summed E-state index contributed by atoms with van der Waals surface area (Å²) in [7, 11) is 0. The molecule has 0 unspecified atom stereocenters. The lowest BCUT2D eigenvalue weighted by Crippen LogP contribution is -2.33. The lowest BCUT2D eigenvalue weighted by atomic mass is 10.1. The summed E-state index contributed by atoms with van der Waals surface area (Å²) < 4.78 is 0. The molecule has 2 N–H and O–H groups in total. The fourth-order valence-electron chi connectivity index (χ4n) is 1.79. The van der Waals surface area contributed by atoms with Gasteiger partial charge in [0.15, 0.2) is 0 Å². The van der Waals surface area contributed by atoms with Crippen LogP contribution in [-0.2, 0) is 13.0 Å². The van der Waals surface area contributed by atoms with Gasteiger partial charge in [0.1, 0.15) is 0 Å². The van der Waals surface area contributed by atoms with E-state index < -0.39 is 5.97 Å². The van der Waals surface area contributed by atoms with E-state index in [1.807, 2.05) is 4.90 Å². The number of hydrogen-bond acceptors (Lipinski definition) is 5. The number of aliphatic hydroxyl groups is 1. The quantitative estimate of drug-likeness (QED) is 0.720. The number of carboxylic acids is 1. The number of aromatic nitrogens is 2. The largest absolute Gasteiger partial charge is 0.475 e. The summed E-state index contributed by atoms with van der Waals surface area (Å²) in [6.45, 7) is 2.13. The van der Waals surface area contributed by atoms with Crippen molar-refractivity contribution in [3.8, 4) is 0 Å². The second kappa shape index (κ2) is 4.54. The van der Waals surface area contributed by atoms with Crippen LogP contribution in [0.5, 0.6) is 0 Å². The van der Waals surface area contributed by atoms with Crippen LogP contribution in [0.15, 0.2) is 6.20 Å². The van der Waals surface area contributed by atoms with Gasteiger partial charge in [0.05, 0.1) is 12.3 Å². The molecule has 86 valence electrons. The maximum Gasteiger partial charge on any atom is 0.373 e. The lowest BCUT2D eigenvalue weighted by molar-refractivity contribution is 0.0682. The molecule has 0 amide bonds. The van der Waals surface area contributed by atoms with Crippen LogP contribution in [0.3, 0.4) is 0 Å². The predicted molar refractivity (Wildman–Crippen MR) is 55.1 cm³/mol. The molecule has 0 atom stereocenters. The number of aromatic carboxylic acids is 1. The normalized spacial score (nSPS) is 15.8. The molecule has 1 aromatic heterocycles. The fraction of sp³-hybridized carbons (Fsp3) is 0.500. The summed E-state index contributed by atoms with van der Waals surface area (Å²) in [4.78, 5) is 20.6. The van der Waals surface area contributed by atoms with E-state index in [4.69, 9.17) is 10.2 Å². The Bertz CT molecular complexity index is 408. The molecule has 16 heavy (non-hydrogen) atoms. The first kappa shape index (κ1) is 11.0. The number of β-amino-alcohol motifs (C(OH)–C–C–N with tert-alkyl or cyclic N) is 1. The number of aliphatic hydroxyl groups excluding tert-OH is 1. The maximum atomic E-state index is 10.7. The Kier molecular flexibility index (Phi) is 3.12. The average molecular weight is 223 g/mol.